The van der Waals surface area contributed by atoms with Gasteiger partial charge in [-0.05, 0) is 29.8 Å². The van der Waals surface area contributed by atoms with Crippen molar-refractivity contribution in [1.82, 2.24) is 25.7 Å². The van der Waals surface area contributed by atoms with Crippen LogP contribution in [-0.2, 0) is 13.1 Å². The molecule has 0 aliphatic rings. The minimum Gasteiger partial charge on any atom is -0.355 e. The van der Waals surface area contributed by atoms with Crippen LogP contribution in [0.2, 0.25) is 0 Å². The third kappa shape index (κ3) is 4.94. The topological polar surface area (TPSA) is 88.1 Å². The number of amides is 3. The first kappa shape index (κ1) is 18.2. The van der Waals surface area contributed by atoms with E-state index in [0.29, 0.717) is 18.7 Å². The predicted molar refractivity (Wildman–Crippen MR) is 102 cm³/mol. The largest absolute Gasteiger partial charge is 0.355 e. The van der Waals surface area contributed by atoms with Crippen LogP contribution in [0, 0.1) is 0 Å². The normalized spacial score (nSPS) is 10.3. The van der Waals surface area contributed by atoms with Crippen molar-refractivity contribution < 1.29 is 9.59 Å². The minimum atomic E-state index is -0.266. The van der Waals surface area contributed by atoms with Crippen molar-refractivity contribution in [3.8, 4) is 5.69 Å². The molecule has 138 valence electrons. The molecule has 0 fully saturated rings. The summed E-state index contributed by atoms with van der Waals surface area (Å²) in [6, 6.07) is 16.6. The zero-order valence-electron chi connectivity index (χ0n) is 15.0. The first-order valence-electron chi connectivity index (χ1n) is 8.57. The zero-order chi connectivity index (χ0) is 19.1. The predicted octanol–water partition coefficient (Wildman–Crippen LogP) is 2.23. The highest BCUT2D eigenvalue weighted by Crippen LogP contribution is 2.07. The first-order valence-corrected chi connectivity index (χ1v) is 8.57. The SMILES string of the molecule is CNC(=O)c1ccc(CNC(=O)NCc2cnn(-c3ccccc3)c2)cc1. The van der Waals surface area contributed by atoms with Crippen molar-refractivity contribution in [2.24, 2.45) is 0 Å². The smallest absolute Gasteiger partial charge is 0.315 e. The fraction of sp³-hybridized carbons (Fsp3) is 0.150. The van der Waals surface area contributed by atoms with E-state index in [9.17, 15) is 9.59 Å². The van der Waals surface area contributed by atoms with Crippen LogP contribution in [0.1, 0.15) is 21.5 Å². The van der Waals surface area contributed by atoms with Gasteiger partial charge in [-0.2, -0.15) is 5.10 Å². The first-order chi connectivity index (χ1) is 13.2. The zero-order valence-corrected chi connectivity index (χ0v) is 15.0. The molecule has 2 aromatic carbocycles. The maximum absolute atomic E-state index is 12.0. The fourth-order valence-electron chi connectivity index (χ4n) is 2.52. The van der Waals surface area contributed by atoms with E-state index in [2.05, 4.69) is 21.0 Å². The molecule has 0 bridgehead atoms. The van der Waals surface area contributed by atoms with E-state index in [1.165, 1.54) is 0 Å². The van der Waals surface area contributed by atoms with Crippen molar-refractivity contribution in [1.29, 1.82) is 0 Å². The molecule has 3 N–H and O–H groups in total. The Morgan fingerprint density at radius 1 is 0.926 bits per heavy atom. The van der Waals surface area contributed by atoms with E-state index in [0.717, 1.165) is 16.8 Å². The second-order valence-corrected chi connectivity index (χ2v) is 5.94. The van der Waals surface area contributed by atoms with E-state index in [-0.39, 0.29) is 11.9 Å². The molecule has 0 saturated heterocycles. The van der Waals surface area contributed by atoms with Gasteiger partial charge < -0.3 is 16.0 Å². The van der Waals surface area contributed by atoms with Gasteiger partial charge in [0, 0.05) is 37.5 Å². The summed E-state index contributed by atoms with van der Waals surface area (Å²) in [5.41, 5.74) is 3.37. The van der Waals surface area contributed by atoms with E-state index in [1.807, 2.05) is 48.7 Å². The summed E-state index contributed by atoms with van der Waals surface area (Å²) >= 11 is 0. The Hall–Kier alpha value is -3.61. The monoisotopic (exact) mass is 363 g/mol. The summed E-state index contributed by atoms with van der Waals surface area (Å²) in [4.78, 5) is 23.5. The number of hydrogen-bond donors (Lipinski definition) is 3. The number of benzene rings is 2. The third-order valence-corrected chi connectivity index (χ3v) is 4.01. The van der Waals surface area contributed by atoms with Gasteiger partial charge in [-0.3, -0.25) is 4.79 Å². The molecule has 0 unspecified atom stereocenters. The van der Waals surface area contributed by atoms with E-state index in [4.69, 9.17) is 0 Å². The van der Waals surface area contributed by atoms with Crippen LogP contribution in [0.3, 0.4) is 0 Å². The summed E-state index contributed by atoms with van der Waals surface area (Å²) < 4.78 is 1.77. The molecule has 0 spiro atoms. The standard InChI is InChI=1S/C20H21N5O2/c1-21-19(26)17-9-7-15(8-10-17)11-22-20(27)23-12-16-13-24-25(14-16)18-5-3-2-4-6-18/h2-10,13-14H,11-12H2,1H3,(H,21,26)(H2,22,23,27). The van der Waals surface area contributed by atoms with Crippen LogP contribution in [0.4, 0.5) is 4.79 Å². The molecule has 0 radical (unpaired) electrons. The number of carbonyl (C=O) groups is 2. The average Bonchev–Trinajstić information content (AvgIpc) is 3.20. The van der Waals surface area contributed by atoms with Gasteiger partial charge in [-0.1, -0.05) is 30.3 Å². The highest BCUT2D eigenvalue weighted by atomic mass is 16.2. The lowest BCUT2D eigenvalue weighted by Crippen LogP contribution is -2.34. The fourth-order valence-corrected chi connectivity index (χ4v) is 2.52. The molecule has 0 saturated carbocycles. The Morgan fingerprint density at radius 2 is 1.59 bits per heavy atom. The van der Waals surface area contributed by atoms with Crippen molar-refractivity contribution in [2.75, 3.05) is 7.05 Å². The Bertz CT molecular complexity index is 904. The second-order valence-electron chi connectivity index (χ2n) is 5.94. The lowest BCUT2D eigenvalue weighted by atomic mass is 10.1. The summed E-state index contributed by atoms with van der Waals surface area (Å²) in [5.74, 6) is -0.136. The van der Waals surface area contributed by atoms with E-state index >= 15 is 0 Å². The number of carbonyl (C=O) groups excluding carboxylic acids is 2. The number of hydrogen-bond acceptors (Lipinski definition) is 3. The van der Waals surface area contributed by atoms with Gasteiger partial charge in [0.2, 0.25) is 0 Å². The Labute approximate surface area is 157 Å². The van der Waals surface area contributed by atoms with Gasteiger partial charge in [-0.25, -0.2) is 9.48 Å². The van der Waals surface area contributed by atoms with Crippen LogP contribution in [0.5, 0.6) is 0 Å². The molecule has 3 rings (SSSR count). The van der Waals surface area contributed by atoms with Crippen LogP contribution < -0.4 is 16.0 Å². The summed E-state index contributed by atoms with van der Waals surface area (Å²) in [5, 5.41) is 12.5. The highest BCUT2D eigenvalue weighted by molar-refractivity contribution is 5.93. The van der Waals surface area contributed by atoms with Crippen molar-refractivity contribution >= 4 is 11.9 Å². The molecule has 0 atom stereocenters. The molecule has 3 amide bonds. The van der Waals surface area contributed by atoms with E-state index < -0.39 is 0 Å². The third-order valence-electron chi connectivity index (χ3n) is 4.01. The number of nitrogens with one attached hydrogen (secondary N) is 3. The van der Waals surface area contributed by atoms with Crippen LogP contribution in [-0.4, -0.2) is 28.8 Å². The average molecular weight is 363 g/mol. The van der Waals surface area contributed by atoms with Gasteiger partial charge in [0.1, 0.15) is 0 Å². The molecule has 27 heavy (non-hydrogen) atoms. The molecule has 0 aliphatic carbocycles. The van der Waals surface area contributed by atoms with Crippen molar-refractivity contribution in [2.45, 2.75) is 13.1 Å². The molecule has 1 aromatic heterocycles. The number of para-hydroxylation sites is 1. The lowest BCUT2D eigenvalue weighted by molar-refractivity contribution is 0.0963. The second kappa shape index (κ2) is 8.66. The number of urea groups is 1. The highest BCUT2D eigenvalue weighted by Gasteiger charge is 2.05. The number of aromatic nitrogens is 2. The van der Waals surface area contributed by atoms with Gasteiger partial charge in [0.15, 0.2) is 0 Å². The quantitative estimate of drug-likeness (QED) is 0.627. The Kier molecular flexibility index (Phi) is 5.84. The van der Waals surface area contributed by atoms with Gasteiger partial charge in [0.25, 0.3) is 5.91 Å². The summed E-state index contributed by atoms with van der Waals surface area (Å²) in [7, 11) is 1.59. The molecule has 3 aromatic rings. The van der Waals surface area contributed by atoms with E-state index in [1.54, 1.807) is 30.1 Å². The summed E-state index contributed by atoms with van der Waals surface area (Å²) in [6.07, 6.45) is 3.61. The van der Waals surface area contributed by atoms with Crippen LogP contribution >= 0.6 is 0 Å². The number of rotatable bonds is 6. The Balaban J connectivity index is 1.46. The molecule has 0 aliphatic heterocycles. The van der Waals surface area contributed by atoms with Crippen LogP contribution in [0.15, 0.2) is 67.0 Å². The van der Waals surface area contributed by atoms with Gasteiger partial charge in [-0.15, -0.1) is 0 Å². The minimum absolute atomic E-state index is 0.136. The lowest BCUT2D eigenvalue weighted by Gasteiger charge is -2.07. The molecular weight excluding hydrogens is 342 g/mol. The molecule has 7 heteroatoms. The summed E-state index contributed by atoms with van der Waals surface area (Å²) in [6.45, 7) is 0.761. The molecule has 7 nitrogen and oxygen atoms in total. The maximum Gasteiger partial charge on any atom is 0.315 e. The van der Waals surface area contributed by atoms with Crippen molar-refractivity contribution in [3.63, 3.8) is 0 Å². The number of nitrogens with zero attached hydrogens (tertiary/aromatic N) is 2. The Morgan fingerprint density at radius 3 is 2.26 bits per heavy atom. The molecule has 1 heterocycles. The maximum atomic E-state index is 12.0. The van der Waals surface area contributed by atoms with Crippen LogP contribution in [0.25, 0.3) is 5.69 Å². The van der Waals surface area contributed by atoms with Crippen molar-refractivity contribution in [3.05, 3.63) is 83.7 Å². The van der Waals surface area contributed by atoms with Gasteiger partial charge >= 0.3 is 6.03 Å². The molecular formula is C20H21N5O2. The van der Waals surface area contributed by atoms with Gasteiger partial charge in [0.05, 0.1) is 11.9 Å².